The highest BCUT2D eigenvalue weighted by Crippen LogP contribution is 2.23. The van der Waals surface area contributed by atoms with E-state index in [4.69, 9.17) is 23.2 Å². The number of thiophene rings is 2. The minimum absolute atomic E-state index is 0.0236. The summed E-state index contributed by atoms with van der Waals surface area (Å²) in [5.74, 6) is -0.0471. The maximum Gasteiger partial charge on any atom is 0.263 e. The van der Waals surface area contributed by atoms with Gasteiger partial charge in [-0.3, -0.25) is 9.59 Å². The first-order valence-electron chi connectivity index (χ1n) is 7.40. The van der Waals surface area contributed by atoms with Crippen LogP contribution in [0.5, 0.6) is 0 Å². The van der Waals surface area contributed by atoms with E-state index >= 15 is 0 Å². The van der Waals surface area contributed by atoms with Crippen LogP contribution < -0.4 is 0 Å². The van der Waals surface area contributed by atoms with Crippen LogP contribution in [-0.4, -0.2) is 48.8 Å². The van der Waals surface area contributed by atoms with Crippen molar-refractivity contribution in [2.75, 3.05) is 27.2 Å². The molecular weight excluding hydrogens is 387 g/mol. The molecule has 8 heteroatoms. The summed E-state index contributed by atoms with van der Waals surface area (Å²) < 4.78 is 1.22. The minimum atomic E-state index is -0.0236. The average Bonchev–Trinajstić information content (AvgIpc) is 3.18. The van der Waals surface area contributed by atoms with E-state index < -0.39 is 0 Å². The number of carbonyl (C=O) groups is 2. The standard InChI is InChI=1S/C16H18Cl2N2O2S2/c1-19(15(21)11-5-7-13(17)23-11)9-3-4-10-20(2)16(22)12-6-8-14(18)24-12/h5-8H,3-4,9-10H2,1-2H3. The molecule has 2 heterocycles. The normalized spacial score (nSPS) is 10.7. The Hall–Kier alpha value is -1.08. The van der Waals surface area contributed by atoms with E-state index in [1.807, 2.05) is 0 Å². The zero-order valence-electron chi connectivity index (χ0n) is 13.4. The first kappa shape index (κ1) is 19.2. The zero-order valence-corrected chi connectivity index (χ0v) is 16.6. The predicted octanol–water partition coefficient (Wildman–Crippen LogP) is 4.74. The smallest absolute Gasteiger partial charge is 0.263 e. The molecular formula is C16H18Cl2N2O2S2. The first-order chi connectivity index (χ1) is 11.4. The molecule has 0 saturated carbocycles. The molecule has 2 aromatic rings. The fourth-order valence-electron chi connectivity index (χ4n) is 2.14. The van der Waals surface area contributed by atoms with Crippen molar-refractivity contribution in [1.29, 1.82) is 0 Å². The van der Waals surface area contributed by atoms with Crippen molar-refractivity contribution in [3.63, 3.8) is 0 Å². The molecule has 2 aromatic heterocycles. The molecule has 0 bridgehead atoms. The number of unbranched alkanes of at least 4 members (excludes halogenated alkanes) is 1. The van der Waals surface area contributed by atoms with Gasteiger partial charge >= 0.3 is 0 Å². The van der Waals surface area contributed by atoms with E-state index in [2.05, 4.69) is 0 Å². The second kappa shape index (κ2) is 8.85. The topological polar surface area (TPSA) is 40.6 Å². The molecule has 0 unspecified atom stereocenters. The summed E-state index contributed by atoms with van der Waals surface area (Å²) in [6, 6.07) is 6.93. The van der Waals surface area contributed by atoms with Crippen molar-refractivity contribution in [3.05, 3.63) is 42.7 Å². The van der Waals surface area contributed by atoms with Crippen LogP contribution >= 0.6 is 45.9 Å². The molecule has 0 aliphatic rings. The molecule has 0 atom stereocenters. The second-order valence-electron chi connectivity index (χ2n) is 5.37. The monoisotopic (exact) mass is 404 g/mol. The summed E-state index contributed by atoms with van der Waals surface area (Å²) in [6.07, 6.45) is 1.65. The van der Waals surface area contributed by atoms with Crippen LogP contribution in [-0.2, 0) is 0 Å². The van der Waals surface area contributed by atoms with E-state index in [1.54, 1.807) is 48.2 Å². The van der Waals surface area contributed by atoms with Gasteiger partial charge in [-0.25, -0.2) is 0 Å². The summed E-state index contributed by atoms with van der Waals surface area (Å²) in [5.41, 5.74) is 0. The van der Waals surface area contributed by atoms with E-state index in [1.165, 1.54) is 22.7 Å². The lowest BCUT2D eigenvalue weighted by Gasteiger charge is -2.19. The van der Waals surface area contributed by atoms with Crippen molar-refractivity contribution in [2.24, 2.45) is 0 Å². The van der Waals surface area contributed by atoms with Gasteiger partial charge in [0, 0.05) is 27.2 Å². The van der Waals surface area contributed by atoms with E-state index in [0.29, 0.717) is 31.5 Å². The van der Waals surface area contributed by atoms with Gasteiger partial charge in [0.15, 0.2) is 0 Å². The quantitative estimate of drug-likeness (QED) is 0.625. The molecule has 2 amide bonds. The Labute approximate surface area is 159 Å². The van der Waals surface area contributed by atoms with Gasteiger partial charge in [-0.2, -0.15) is 0 Å². The number of hydrogen-bond acceptors (Lipinski definition) is 4. The lowest BCUT2D eigenvalue weighted by molar-refractivity contribution is 0.0771. The number of amides is 2. The highest BCUT2D eigenvalue weighted by molar-refractivity contribution is 7.18. The van der Waals surface area contributed by atoms with Crippen LogP contribution in [0.15, 0.2) is 24.3 Å². The van der Waals surface area contributed by atoms with E-state index in [-0.39, 0.29) is 11.8 Å². The van der Waals surface area contributed by atoms with Crippen LogP contribution in [0.3, 0.4) is 0 Å². The van der Waals surface area contributed by atoms with Gasteiger partial charge in [-0.05, 0) is 37.1 Å². The molecule has 4 nitrogen and oxygen atoms in total. The first-order valence-corrected chi connectivity index (χ1v) is 9.79. The van der Waals surface area contributed by atoms with Gasteiger partial charge in [0.1, 0.15) is 0 Å². The lowest BCUT2D eigenvalue weighted by atomic mass is 10.2. The molecule has 0 saturated heterocycles. The fraction of sp³-hybridized carbons (Fsp3) is 0.375. The zero-order chi connectivity index (χ0) is 17.7. The van der Waals surface area contributed by atoms with Gasteiger partial charge in [0.05, 0.1) is 18.4 Å². The van der Waals surface area contributed by atoms with Crippen LogP contribution in [0.4, 0.5) is 0 Å². The van der Waals surface area contributed by atoms with Crippen molar-refractivity contribution in [1.82, 2.24) is 9.80 Å². The summed E-state index contributed by atoms with van der Waals surface area (Å²) in [5, 5.41) is 0. The third-order valence-corrected chi connectivity index (χ3v) is 5.94. The number of nitrogens with zero attached hydrogens (tertiary/aromatic N) is 2. The van der Waals surface area contributed by atoms with Crippen molar-refractivity contribution in [3.8, 4) is 0 Å². The van der Waals surface area contributed by atoms with E-state index in [0.717, 1.165) is 12.8 Å². The molecule has 130 valence electrons. The SMILES string of the molecule is CN(CCCCN(C)C(=O)c1ccc(Cl)s1)C(=O)c1ccc(Cl)s1. The Morgan fingerprint density at radius 3 is 1.50 bits per heavy atom. The molecule has 0 N–H and O–H groups in total. The van der Waals surface area contributed by atoms with Gasteiger partial charge < -0.3 is 9.80 Å². The molecule has 0 aromatic carbocycles. The van der Waals surface area contributed by atoms with Gasteiger partial charge in [0.25, 0.3) is 11.8 Å². The van der Waals surface area contributed by atoms with Crippen molar-refractivity contribution in [2.45, 2.75) is 12.8 Å². The Morgan fingerprint density at radius 1 is 0.833 bits per heavy atom. The maximum atomic E-state index is 12.2. The Balaban J connectivity index is 1.72. The Kier molecular flexibility index (Phi) is 7.10. The lowest BCUT2D eigenvalue weighted by Crippen LogP contribution is -2.29. The summed E-state index contributed by atoms with van der Waals surface area (Å²) in [6.45, 7) is 1.28. The summed E-state index contributed by atoms with van der Waals surface area (Å²) in [4.78, 5) is 29.0. The van der Waals surface area contributed by atoms with Crippen LogP contribution in [0.1, 0.15) is 32.2 Å². The van der Waals surface area contributed by atoms with Gasteiger partial charge in [-0.15, -0.1) is 22.7 Å². The summed E-state index contributed by atoms with van der Waals surface area (Å²) in [7, 11) is 3.55. The molecule has 0 fully saturated rings. The molecule has 0 aliphatic carbocycles. The molecule has 24 heavy (non-hydrogen) atoms. The minimum Gasteiger partial charge on any atom is -0.341 e. The number of carbonyl (C=O) groups excluding carboxylic acids is 2. The molecule has 0 aliphatic heterocycles. The Bertz CT molecular complexity index is 654. The molecule has 0 radical (unpaired) electrons. The van der Waals surface area contributed by atoms with Crippen molar-refractivity contribution >= 4 is 57.7 Å². The van der Waals surface area contributed by atoms with Crippen LogP contribution in [0, 0.1) is 0 Å². The van der Waals surface area contributed by atoms with E-state index in [9.17, 15) is 9.59 Å². The molecule has 0 spiro atoms. The number of hydrogen-bond donors (Lipinski definition) is 0. The number of rotatable bonds is 7. The molecule has 2 rings (SSSR count). The van der Waals surface area contributed by atoms with Gasteiger partial charge in [-0.1, -0.05) is 23.2 Å². The largest absolute Gasteiger partial charge is 0.341 e. The Morgan fingerprint density at radius 2 is 1.21 bits per heavy atom. The predicted molar refractivity (Wildman–Crippen MR) is 102 cm³/mol. The average molecular weight is 405 g/mol. The summed E-state index contributed by atoms with van der Waals surface area (Å²) >= 11 is 14.3. The van der Waals surface area contributed by atoms with Crippen LogP contribution in [0.2, 0.25) is 8.67 Å². The van der Waals surface area contributed by atoms with Crippen molar-refractivity contribution < 1.29 is 9.59 Å². The third kappa shape index (κ3) is 5.21. The highest BCUT2D eigenvalue weighted by atomic mass is 35.5. The second-order valence-corrected chi connectivity index (χ2v) is 8.80. The fourth-order valence-corrected chi connectivity index (χ4v) is 4.21. The van der Waals surface area contributed by atoms with Gasteiger partial charge in [0.2, 0.25) is 0 Å². The highest BCUT2D eigenvalue weighted by Gasteiger charge is 2.15. The maximum absolute atomic E-state index is 12.2. The number of halogens is 2. The van der Waals surface area contributed by atoms with Crippen LogP contribution in [0.25, 0.3) is 0 Å². The third-order valence-electron chi connectivity index (χ3n) is 3.50.